The average Bonchev–Trinajstić information content (AvgIpc) is 2.63. The molecule has 0 aromatic heterocycles. The summed E-state index contributed by atoms with van der Waals surface area (Å²) in [5.41, 5.74) is 0.237. The number of alkyl halides is 3. The molecule has 4 nitrogen and oxygen atoms in total. The lowest BCUT2D eigenvalue weighted by molar-refractivity contribution is -0.137. The van der Waals surface area contributed by atoms with Gasteiger partial charge in [-0.3, -0.25) is 4.79 Å². The largest absolute Gasteiger partial charge is 0.417 e. The molecular weight excluding hydrogens is 379 g/mol. The van der Waals surface area contributed by atoms with Gasteiger partial charge in [0.25, 0.3) is 5.91 Å². The van der Waals surface area contributed by atoms with Crippen LogP contribution in [0.1, 0.15) is 18.1 Å². The lowest BCUT2D eigenvalue weighted by Gasteiger charge is -2.12. The Balaban J connectivity index is 2.19. The molecule has 27 heavy (non-hydrogen) atoms. The van der Waals surface area contributed by atoms with Crippen LogP contribution in [0.25, 0.3) is 0 Å². The second-order valence-electron chi connectivity index (χ2n) is 5.47. The first-order chi connectivity index (χ1) is 12.8. The Bertz CT molecular complexity index is 917. The molecule has 0 unspecified atom stereocenters. The number of carbonyl (C=O) groups excluding carboxylic acids is 1. The van der Waals surface area contributed by atoms with E-state index in [9.17, 15) is 23.2 Å². The predicted octanol–water partition coefficient (Wildman–Crippen LogP) is 5.38. The first kappa shape index (κ1) is 20.3. The number of hydrogen-bond acceptors (Lipinski definition) is 3. The highest BCUT2D eigenvalue weighted by Crippen LogP contribution is 2.36. The van der Waals surface area contributed by atoms with Crippen LogP contribution in [-0.4, -0.2) is 5.91 Å². The van der Waals surface area contributed by atoms with Gasteiger partial charge >= 0.3 is 6.18 Å². The van der Waals surface area contributed by atoms with Gasteiger partial charge in [0.15, 0.2) is 0 Å². The number of nitrogens with one attached hydrogen (secondary N) is 2. The van der Waals surface area contributed by atoms with Gasteiger partial charge in [-0.25, -0.2) is 0 Å². The molecule has 2 aromatic rings. The molecule has 140 valence electrons. The van der Waals surface area contributed by atoms with Gasteiger partial charge < -0.3 is 10.6 Å². The fraction of sp³-hybridized carbons (Fsp3) is 0.158. The fourth-order valence-corrected chi connectivity index (χ4v) is 2.51. The molecule has 2 rings (SSSR count). The average molecular weight is 394 g/mol. The Morgan fingerprint density at radius 1 is 1.26 bits per heavy atom. The van der Waals surface area contributed by atoms with Gasteiger partial charge in [-0.2, -0.15) is 18.4 Å². The van der Waals surface area contributed by atoms with Gasteiger partial charge in [0.2, 0.25) is 0 Å². The summed E-state index contributed by atoms with van der Waals surface area (Å²) in [6, 6.07) is 12.1. The molecule has 0 saturated carbocycles. The number of aryl methyl sites for hydroxylation is 1. The number of anilines is 2. The zero-order valence-corrected chi connectivity index (χ0v) is 14.9. The zero-order chi connectivity index (χ0) is 20.0. The molecule has 2 N–H and O–H groups in total. The van der Waals surface area contributed by atoms with Crippen molar-refractivity contribution in [1.29, 1.82) is 5.26 Å². The number of para-hydroxylation sites is 1. The predicted molar refractivity (Wildman–Crippen MR) is 98.2 cm³/mol. The molecule has 8 heteroatoms. The Labute approximate surface area is 159 Å². The van der Waals surface area contributed by atoms with Crippen LogP contribution in [0.3, 0.4) is 0 Å². The number of benzene rings is 2. The van der Waals surface area contributed by atoms with E-state index in [1.54, 1.807) is 18.2 Å². The van der Waals surface area contributed by atoms with Crippen molar-refractivity contribution in [3.63, 3.8) is 0 Å². The van der Waals surface area contributed by atoms with Crippen molar-refractivity contribution < 1.29 is 18.0 Å². The van der Waals surface area contributed by atoms with Gasteiger partial charge in [0, 0.05) is 17.6 Å². The van der Waals surface area contributed by atoms with E-state index < -0.39 is 22.7 Å². The molecule has 2 aromatic carbocycles. The van der Waals surface area contributed by atoms with Crippen molar-refractivity contribution in [3.05, 3.63) is 70.4 Å². The Morgan fingerprint density at radius 2 is 1.96 bits per heavy atom. The van der Waals surface area contributed by atoms with Gasteiger partial charge in [-0.05, 0) is 36.2 Å². The summed E-state index contributed by atoms with van der Waals surface area (Å²) < 4.78 is 38.7. The minimum absolute atomic E-state index is 0.119. The topological polar surface area (TPSA) is 64.9 Å². The first-order valence-electron chi connectivity index (χ1n) is 7.89. The molecule has 0 aliphatic rings. The molecule has 1 amide bonds. The molecule has 0 saturated heterocycles. The van der Waals surface area contributed by atoms with Gasteiger partial charge in [-0.1, -0.05) is 36.7 Å². The monoisotopic (exact) mass is 393 g/mol. The van der Waals surface area contributed by atoms with Crippen molar-refractivity contribution in [3.8, 4) is 6.07 Å². The lowest BCUT2D eigenvalue weighted by atomic mass is 10.1. The minimum atomic E-state index is -4.66. The third-order valence-corrected chi connectivity index (χ3v) is 3.99. The molecule has 0 radical (unpaired) electrons. The summed E-state index contributed by atoms with van der Waals surface area (Å²) in [7, 11) is 0. The van der Waals surface area contributed by atoms with Gasteiger partial charge in [-0.15, -0.1) is 0 Å². The highest BCUT2D eigenvalue weighted by Gasteiger charge is 2.33. The third kappa shape index (κ3) is 5.25. The second kappa shape index (κ2) is 8.60. The standard InChI is InChI=1S/C19H15ClF3N3O/c1-2-12-5-3-4-6-17(12)25-11-13(10-24)18(27)26-14-7-8-16(20)15(9-14)19(21,22)23/h3-9,11,25H,2H2,1H3,(H,26,27)/b13-11-. The van der Waals surface area contributed by atoms with Crippen LogP contribution in [0, 0.1) is 11.3 Å². The van der Waals surface area contributed by atoms with Gasteiger partial charge in [0.1, 0.15) is 11.6 Å². The van der Waals surface area contributed by atoms with E-state index in [0.29, 0.717) is 0 Å². The first-order valence-corrected chi connectivity index (χ1v) is 8.27. The van der Waals surface area contributed by atoms with Crippen LogP contribution in [-0.2, 0) is 17.4 Å². The smallest absolute Gasteiger partial charge is 0.360 e. The number of hydrogen-bond donors (Lipinski definition) is 2. The molecule has 0 spiro atoms. The fourth-order valence-electron chi connectivity index (χ4n) is 2.29. The quantitative estimate of drug-likeness (QED) is 0.529. The van der Waals surface area contributed by atoms with E-state index in [1.807, 2.05) is 19.1 Å². The molecule has 0 aliphatic carbocycles. The van der Waals surface area contributed by atoms with Crippen molar-refractivity contribution >= 4 is 28.9 Å². The van der Waals surface area contributed by atoms with Crippen LogP contribution in [0.5, 0.6) is 0 Å². The summed E-state index contributed by atoms with van der Waals surface area (Å²) in [4.78, 5) is 12.2. The maximum absolute atomic E-state index is 12.9. The number of carbonyl (C=O) groups is 1. The van der Waals surface area contributed by atoms with E-state index in [0.717, 1.165) is 29.8 Å². The van der Waals surface area contributed by atoms with Crippen LogP contribution >= 0.6 is 11.6 Å². The SMILES string of the molecule is CCc1ccccc1N/C=C(/C#N)C(=O)Nc1ccc(Cl)c(C(F)(F)F)c1. The molecule has 0 aliphatic heterocycles. The summed E-state index contributed by atoms with van der Waals surface area (Å²) >= 11 is 5.55. The minimum Gasteiger partial charge on any atom is -0.360 e. The molecule has 0 atom stereocenters. The van der Waals surface area contributed by atoms with E-state index in [2.05, 4.69) is 10.6 Å². The highest BCUT2D eigenvalue weighted by atomic mass is 35.5. The Hall–Kier alpha value is -2.98. The van der Waals surface area contributed by atoms with Crippen LogP contribution in [0.15, 0.2) is 54.2 Å². The summed E-state index contributed by atoms with van der Waals surface area (Å²) in [6.07, 6.45) is -2.70. The third-order valence-electron chi connectivity index (χ3n) is 3.66. The van der Waals surface area contributed by atoms with Crippen molar-refractivity contribution in [2.75, 3.05) is 10.6 Å². The Morgan fingerprint density at radius 3 is 2.59 bits per heavy atom. The van der Waals surface area contributed by atoms with Gasteiger partial charge in [0.05, 0.1) is 10.6 Å². The second-order valence-corrected chi connectivity index (χ2v) is 5.88. The van der Waals surface area contributed by atoms with E-state index >= 15 is 0 Å². The summed E-state index contributed by atoms with van der Waals surface area (Å²) in [6.45, 7) is 1.96. The van der Waals surface area contributed by atoms with E-state index in [-0.39, 0.29) is 11.3 Å². The molecular formula is C19H15ClF3N3O. The number of halogens is 4. The lowest BCUT2D eigenvalue weighted by Crippen LogP contribution is -2.15. The van der Waals surface area contributed by atoms with Crippen molar-refractivity contribution in [2.45, 2.75) is 19.5 Å². The number of nitrogens with zero attached hydrogens (tertiary/aromatic N) is 1. The number of nitriles is 1. The maximum atomic E-state index is 12.9. The normalized spacial score (nSPS) is 11.6. The molecule has 0 fully saturated rings. The maximum Gasteiger partial charge on any atom is 0.417 e. The van der Waals surface area contributed by atoms with E-state index in [1.165, 1.54) is 12.3 Å². The number of rotatable bonds is 5. The van der Waals surface area contributed by atoms with E-state index in [4.69, 9.17) is 11.6 Å². The highest BCUT2D eigenvalue weighted by molar-refractivity contribution is 6.31. The van der Waals surface area contributed by atoms with Crippen LogP contribution in [0.2, 0.25) is 5.02 Å². The summed E-state index contributed by atoms with van der Waals surface area (Å²) in [5.74, 6) is -0.838. The van der Waals surface area contributed by atoms with Crippen molar-refractivity contribution in [1.82, 2.24) is 0 Å². The summed E-state index contributed by atoms with van der Waals surface area (Å²) in [5, 5.41) is 13.9. The van der Waals surface area contributed by atoms with Crippen molar-refractivity contribution in [2.24, 2.45) is 0 Å². The van der Waals surface area contributed by atoms with Crippen LogP contribution in [0.4, 0.5) is 24.5 Å². The van der Waals surface area contributed by atoms with Crippen LogP contribution < -0.4 is 10.6 Å². The molecule has 0 bridgehead atoms. The molecule has 0 heterocycles. The zero-order valence-electron chi connectivity index (χ0n) is 14.2. The Kier molecular flexibility index (Phi) is 6.48. The number of amides is 1.